The summed E-state index contributed by atoms with van der Waals surface area (Å²) >= 11 is 0. The first-order valence-corrected chi connectivity index (χ1v) is 17.9. The van der Waals surface area contributed by atoms with Gasteiger partial charge in [0.1, 0.15) is 17.7 Å². The predicted octanol–water partition coefficient (Wildman–Crippen LogP) is 5.52. The molecule has 3 aromatic rings. The van der Waals surface area contributed by atoms with Crippen LogP contribution in [0.1, 0.15) is 63.6 Å². The van der Waals surface area contributed by atoms with Crippen molar-refractivity contribution in [3.63, 3.8) is 0 Å². The Balaban J connectivity index is 0.00000332. The van der Waals surface area contributed by atoms with Crippen molar-refractivity contribution in [2.24, 2.45) is 11.8 Å². The number of hydrogen-bond donors (Lipinski definition) is 3. The van der Waals surface area contributed by atoms with E-state index >= 15 is 0 Å². The Morgan fingerprint density at radius 1 is 0.980 bits per heavy atom. The maximum atomic E-state index is 14.3. The van der Waals surface area contributed by atoms with Crippen LogP contribution >= 0.6 is 0 Å². The van der Waals surface area contributed by atoms with Crippen LogP contribution in [0.4, 0.5) is 8.78 Å². The number of aliphatic hydroxyl groups excluding tert-OH is 1. The number of carbonyl (C=O) groups excluding carboxylic acids is 3. The minimum Gasteiger partial charge on any atom is -0.389 e. The molecule has 5 unspecified atom stereocenters. The summed E-state index contributed by atoms with van der Waals surface area (Å²) in [6.45, 7) is 9.90. The molecule has 3 aromatic carbocycles. The van der Waals surface area contributed by atoms with Crippen molar-refractivity contribution in [3.05, 3.63) is 107 Å². The summed E-state index contributed by atoms with van der Waals surface area (Å²) in [5.74, 6) is -3.19. The highest BCUT2D eigenvalue weighted by molar-refractivity contribution is 5.84. The van der Waals surface area contributed by atoms with Crippen LogP contribution in [0.3, 0.4) is 0 Å². The second-order valence-electron chi connectivity index (χ2n) is 12.8. The van der Waals surface area contributed by atoms with Crippen molar-refractivity contribution < 1.29 is 28.3 Å². The number of rotatable bonds is 18. The first-order valence-electron chi connectivity index (χ1n) is 17.9. The number of nitrogens with zero attached hydrogens (tertiary/aromatic N) is 2. The van der Waals surface area contributed by atoms with Crippen LogP contribution in [-0.4, -0.2) is 77.5 Å². The Morgan fingerprint density at radius 3 is 2.20 bits per heavy atom. The first kappa shape index (κ1) is 40.3. The van der Waals surface area contributed by atoms with Gasteiger partial charge in [-0.1, -0.05) is 101 Å². The first-order chi connectivity index (χ1) is 24.2. The van der Waals surface area contributed by atoms with Gasteiger partial charge in [-0.15, -0.1) is 0 Å². The van der Waals surface area contributed by atoms with Crippen molar-refractivity contribution in [2.75, 3.05) is 26.2 Å². The molecule has 0 bridgehead atoms. The van der Waals surface area contributed by atoms with Gasteiger partial charge in [0.2, 0.25) is 18.2 Å². The molecule has 50 heavy (non-hydrogen) atoms. The smallest absolute Gasteiger partial charge is 0.242 e. The van der Waals surface area contributed by atoms with E-state index in [2.05, 4.69) is 17.6 Å². The Hall–Kier alpha value is -4.15. The van der Waals surface area contributed by atoms with E-state index in [-0.39, 0.29) is 30.4 Å². The number of hydrogen-bond acceptors (Lipinski definition) is 5. The standard InChI is InChI=1S/C38H48F2N4O4.C2H6/c1-3-4-11-17-43(26-45)25-33(27(2)19-28-12-7-5-8-13-28)37(47)42-34(22-30-20-31(39)23-32(40)21-30)36(46)35-38(48)44(18-16-41-35)24-29-14-9-6-10-15-29;1-2/h5-10,12-15,20-21,23,26-27,33-36,41,46H,3-4,11,16-19,22,24-25H2,1-2H3,(H,42,47);1-2H3. The van der Waals surface area contributed by atoms with Gasteiger partial charge in [-0.3, -0.25) is 14.4 Å². The van der Waals surface area contributed by atoms with Crippen LogP contribution in [0.2, 0.25) is 0 Å². The molecule has 1 fully saturated rings. The molecule has 3 N–H and O–H groups in total. The average Bonchev–Trinajstić information content (AvgIpc) is 3.11. The Labute approximate surface area is 296 Å². The predicted molar refractivity (Wildman–Crippen MR) is 193 cm³/mol. The molecule has 3 amide bonds. The highest BCUT2D eigenvalue weighted by atomic mass is 19.1. The van der Waals surface area contributed by atoms with Gasteiger partial charge in [-0.25, -0.2) is 8.78 Å². The number of piperazine rings is 1. The minimum atomic E-state index is -1.43. The van der Waals surface area contributed by atoms with Gasteiger partial charge >= 0.3 is 0 Å². The Kier molecular flexibility index (Phi) is 17.0. The maximum Gasteiger partial charge on any atom is 0.242 e. The summed E-state index contributed by atoms with van der Waals surface area (Å²) in [5.41, 5.74) is 2.20. The Morgan fingerprint density at radius 2 is 1.60 bits per heavy atom. The molecule has 0 aromatic heterocycles. The van der Waals surface area contributed by atoms with Crippen molar-refractivity contribution in [1.82, 2.24) is 20.4 Å². The van der Waals surface area contributed by atoms with Gasteiger partial charge in [0.15, 0.2) is 0 Å². The molecule has 1 heterocycles. The number of unbranched alkanes of at least 4 members (excludes halogenated alkanes) is 2. The summed E-state index contributed by atoms with van der Waals surface area (Å²) in [7, 11) is 0. The van der Waals surface area contributed by atoms with Crippen molar-refractivity contribution >= 4 is 18.2 Å². The summed E-state index contributed by atoms with van der Waals surface area (Å²) in [4.78, 5) is 43.3. The van der Waals surface area contributed by atoms with Crippen LogP contribution in [0.25, 0.3) is 0 Å². The van der Waals surface area contributed by atoms with E-state index in [1.807, 2.05) is 81.4 Å². The zero-order valence-corrected chi connectivity index (χ0v) is 29.9. The van der Waals surface area contributed by atoms with Gasteiger partial charge in [0.05, 0.1) is 18.1 Å². The van der Waals surface area contributed by atoms with Crippen molar-refractivity contribution in [2.45, 2.75) is 84.5 Å². The summed E-state index contributed by atoms with van der Waals surface area (Å²) in [6, 6.07) is 20.2. The summed E-state index contributed by atoms with van der Waals surface area (Å²) < 4.78 is 28.5. The molecule has 4 rings (SSSR count). The van der Waals surface area contributed by atoms with E-state index in [1.165, 1.54) is 0 Å². The average molecular weight is 693 g/mol. The van der Waals surface area contributed by atoms with Crippen molar-refractivity contribution in [1.29, 1.82) is 0 Å². The molecule has 5 atom stereocenters. The number of amides is 3. The molecular weight excluding hydrogens is 638 g/mol. The number of benzene rings is 3. The largest absolute Gasteiger partial charge is 0.389 e. The van der Waals surface area contributed by atoms with Gasteiger partial charge in [0.25, 0.3) is 0 Å². The summed E-state index contributed by atoms with van der Waals surface area (Å²) in [6.07, 6.45) is 2.51. The van der Waals surface area contributed by atoms with E-state index < -0.39 is 41.6 Å². The van der Waals surface area contributed by atoms with E-state index in [1.54, 1.807) is 9.80 Å². The van der Waals surface area contributed by atoms with Crippen LogP contribution in [-0.2, 0) is 33.8 Å². The van der Waals surface area contributed by atoms with E-state index in [0.717, 1.165) is 55.0 Å². The molecule has 0 radical (unpaired) electrons. The minimum absolute atomic E-state index is 0.126. The number of nitrogens with one attached hydrogen (secondary N) is 2. The van der Waals surface area contributed by atoms with Crippen LogP contribution in [0.15, 0.2) is 78.9 Å². The molecule has 0 spiro atoms. The topological polar surface area (TPSA) is 102 Å². The summed E-state index contributed by atoms with van der Waals surface area (Å²) in [5, 5.41) is 17.9. The third kappa shape index (κ3) is 12.3. The van der Waals surface area contributed by atoms with Crippen LogP contribution in [0, 0.1) is 23.5 Å². The van der Waals surface area contributed by atoms with Crippen molar-refractivity contribution in [3.8, 4) is 0 Å². The maximum absolute atomic E-state index is 14.3. The number of carbonyl (C=O) groups is 3. The number of halogens is 2. The second kappa shape index (κ2) is 21.2. The highest BCUT2D eigenvalue weighted by Gasteiger charge is 2.39. The van der Waals surface area contributed by atoms with Crippen LogP contribution in [0.5, 0.6) is 0 Å². The molecule has 10 heteroatoms. The molecule has 1 aliphatic heterocycles. The van der Waals surface area contributed by atoms with Crippen LogP contribution < -0.4 is 10.6 Å². The van der Waals surface area contributed by atoms with Gasteiger partial charge < -0.3 is 25.5 Å². The normalized spacial score (nSPS) is 16.7. The molecule has 8 nitrogen and oxygen atoms in total. The molecule has 0 saturated carbocycles. The molecule has 1 aliphatic rings. The molecule has 272 valence electrons. The van der Waals surface area contributed by atoms with E-state index in [9.17, 15) is 28.3 Å². The van der Waals surface area contributed by atoms with E-state index in [0.29, 0.717) is 32.6 Å². The molecular formula is C40H54F2N4O4. The second-order valence-corrected chi connectivity index (χ2v) is 12.8. The Bertz CT molecular complexity index is 1440. The number of aliphatic hydroxyl groups is 1. The lowest BCUT2D eigenvalue weighted by molar-refractivity contribution is -0.141. The molecule has 1 saturated heterocycles. The third-order valence-electron chi connectivity index (χ3n) is 9.05. The SMILES string of the molecule is CC.CCCCCN(C=O)CC(C(=O)NC(Cc1cc(F)cc(F)c1)C(O)C1NCCN(Cc2ccccc2)C1=O)C(C)Cc1ccccc1. The quantitative estimate of drug-likeness (QED) is 0.120. The lowest BCUT2D eigenvalue weighted by Gasteiger charge is -2.38. The fourth-order valence-corrected chi connectivity index (χ4v) is 6.39. The van der Waals surface area contributed by atoms with E-state index in [4.69, 9.17) is 0 Å². The van der Waals surface area contributed by atoms with Gasteiger partial charge in [0, 0.05) is 38.8 Å². The fraction of sp³-hybridized carbons (Fsp3) is 0.475. The van der Waals surface area contributed by atoms with Gasteiger partial charge in [-0.2, -0.15) is 0 Å². The lowest BCUT2D eigenvalue weighted by atomic mass is 9.86. The van der Waals surface area contributed by atoms with Gasteiger partial charge in [-0.05, 0) is 54.0 Å². The zero-order chi connectivity index (χ0) is 36.5. The fourth-order valence-electron chi connectivity index (χ4n) is 6.39. The lowest BCUT2D eigenvalue weighted by Crippen LogP contribution is -2.64. The monoisotopic (exact) mass is 692 g/mol. The highest BCUT2D eigenvalue weighted by Crippen LogP contribution is 2.22. The zero-order valence-electron chi connectivity index (χ0n) is 29.9. The third-order valence-corrected chi connectivity index (χ3v) is 9.05. The molecule has 0 aliphatic carbocycles.